The summed E-state index contributed by atoms with van der Waals surface area (Å²) in [6.45, 7) is 1.44. The second-order valence-corrected chi connectivity index (χ2v) is 4.42. The number of nitrogens with one attached hydrogen (secondary N) is 2. The highest BCUT2D eigenvalue weighted by Crippen LogP contribution is 2.25. The number of β-amino-alcohol motifs (C(OH)–C–C–N with tert-alkyl or cyclic N) is 1. The normalized spacial score (nSPS) is 22.3. The molecule has 0 fully saturated rings. The summed E-state index contributed by atoms with van der Waals surface area (Å²) in [4.78, 5) is 26.1. The van der Waals surface area contributed by atoms with E-state index in [-0.39, 0.29) is 6.54 Å². The van der Waals surface area contributed by atoms with E-state index in [4.69, 9.17) is 5.11 Å². The lowest BCUT2D eigenvalue weighted by atomic mass is 10.1. The average Bonchev–Trinajstić information content (AvgIpc) is 2.45. The van der Waals surface area contributed by atoms with Gasteiger partial charge in [-0.1, -0.05) is 0 Å². The Hall–Kier alpha value is -2.41. The summed E-state index contributed by atoms with van der Waals surface area (Å²) >= 11 is 0. The van der Waals surface area contributed by atoms with Crippen molar-refractivity contribution in [3.63, 3.8) is 0 Å². The van der Waals surface area contributed by atoms with Gasteiger partial charge in [-0.15, -0.1) is 0 Å². The molecule has 0 bridgehead atoms. The van der Waals surface area contributed by atoms with Crippen LogP contribution < -0.4 is 10.6 Å². The van der Waals surface area contributed by atoms with Crippen LogP contribution in [-0.4, -0.2) is 39.2 Å². The highest BCUT2D eigenvalue weighted by atomic mass is 16.4. The summed E-state index contributed by atoms with van der Waals surface area (Å²) in [5.41, 5.74) is -0.430. The van der Waals surface area contributed by atoms with Crippen molar-refractivity contribution < 1.29 is 19.8 Å². The molecule has 1 atom stereocenters. The Labute approximate surface area is 109 Å². The highest BCUT2D eigenvalue weighted by Gasteiger charge is 2.33. The number of aromatic nitrogens is 1. The summed E-state index contributed by atoms with van der Waals surface area (Å²) in [5, 5.41) is 23.8. The molecule has 7 nitrogen and oxygen atoms in total. The number of fused-ring (bicyclic) bond motifs is 1. The van der Waals surface area contributed by atoms with E-state index in [0.29, 0.717) is 17.1 Å². The van der Waals surface area contributed by atoms with Crippen LogP contribution >= 0.6 is 0 Å². The van der Waals surface area contributed by atoms with Gasteiger partial charge in [-0.05, 0) is 24.6 Å². The van der Waals surface area contributed by atoms with Gasteiger partial charge in [0, 0.05) is 12.3 Å². The fourth-order valence-corrected chi connectivity index (χ4v) is 1.56. The minimum Gasteiger partial charge on any atom is -0.478 e. The Bertz CT molecular complexity index is 566. The lowest BCUT2D eigenvalue weighted by Crippen LogP contribution is -2.43. The third-order valence-corrected chi connectivity index (χ3v) is 2.67. The standard InChI is InChI=1S/C12H13N3O4/c1-12(19)6-14-8-4-7(2-3-9(16)17)5-13-10(8)15-11(12)18/h2-5,14,19H,6H2,1H3,(H,16,17)(H,13,15,18)/b3-2+/t12-/m1/s1. The first-order valence-corrected chi connectivity index (χ1v) is 5.57. The van der Waals surface area contributed by atoms with E-state index < -0.39 is 17.5 Å². The van der Waals surface area contributed by atoms with Crippen LogP contribution in [0.25, 0.3) is 6.08 Å². The summed E-state index contributed by atoms with van der Waals surface area (Å²) in [6, 6.07) is 1.64. The number of carbonyl (C=O) groups is 2. The van der Waals surface area contributed by atoms with Crippen LogP contribution in [0.2, 0.25) is 0 Å². The quantitative estimate of drug-likeness (QED) is 0.571. The van der Waals surface area contributed by atoms with E-state index in [1.807, 2.05) is 0 Å². The van der Waals surface area contributed by atoms with Gasteiger partial charge in [0.15, 0.2) is 11.4 Å². The zero-order valence-electron chi connectivity index (χ0n) is 10.2. The van der Waals surface area contributed by atoms with Crippen molar-refractivity contribution in [2.75, 3.05) is 17.2 Å². The third kappa shape index (κ3) is 2.89. The predicted molar refractivity (Wildman–Crippen MR) is 68.7 cm³/mol. The zero-order chi connectivity index (χ0) is 14.0. The first kappa shape index (κ1) is 13.0. The summed E-state index contributed by atoms with van der Waals surface area (Å²) in [7, 11) is 0. The molecule has 0 aromatic carbocycles. The maximum absolute atomic E-state index is 11.7. The van der Waals surface area contributed by atoms with Crippen molar-refractivity contribution in [1.29, 1.82) is 0 Å². The van der Waals surface area contributed by atoms with Crippen LogP contribution in [0, 0.1) is 0 Å². The van der Waals surface area contributed by atoms with Crippen LogP contribution in [0.1, 0.15) is 12.5 Å². The van der Waals surface area contributed by atoms with Crippen molar-refractivity contribution in [2.45, 2.75) is 12.5 Å². The van der Waals surface area contributed by atoms with E-state index in [2.05, 4.69) is 15.6 Å². The van der Waals surface area contributed by atoms with Crippen molar-refractivity contribution in [3.8, 4) is 0 Å². The monoisotopic (exact) mass is 263 g/mol. The number of aliphatic carboxylic acids is 1. The molecule has 0 spiro atoms. The van der Waals surface area contributed by atoms with Crippen molar-refractivity contribution in [2.24, 2.45) is 0 Å². The van der Waals surface area contributed by atoms with Gasteiger partial charge in [0.05, 0.1) is 12.2 Å². The molecule has 1 aliphatic heterocycles. The van der Waals surface area contributed by atoms with E-state index in [1.54, 1.807) is 6.07 Å². The Balaban J connectivity index is 2.30. The SMILES string of the molecule is C[C@@]1(O)CNc2cc(/C=C/C(=O)O)cnc2NC1=O. The van der Waals surface area contributed by atoms with Gasteiger partial charge in [0.25, 0.3) is 5.91 Å². The maximum atomic E-state index is 11.7. The van der Waals surface area contributed by atoms with Gasteiger partial charge in [-0.2, -0.15) is 0 Å². The molecule has 7 heteroatoms. The van der Waals surface area contributed by atoms with Gasteiger partial charge in [0.1, 0.15) is 0 Å². The number of pyridine rings is 1. The maximum Gasteiger partial charge on any atom is 0.328 e. The minimum absolute atomic E-state index is 0.0413. The molecule has 0 aliphatic carbocycles. The third-order valence-electron chi connectivity index (χ3n) is 2.67. The topological polar surface area (TPSA) is 112 Å². The number of rotatable bonds is 2. The molecule has 0 saturated heterocycles. The van der Waals surface area contributed by atoms with Crippen LogP contribution in [0.4, 0.5) is 11.5 Å². The van der Waals surface area contributed by atoms with Crippen molar-refractivity contribution in [1.82, 2.24) is 4.98 Å². The highest BCUT2D eigenvalue weighted by molar-refractivity contribution is 6.00. The lowest BCUT2D eigenvalue weighted by molar-refractivity contribution is -0.131. The summed E-state index contributed by atoms with van der Waals surface area (Å²) in [5.74, 6) is -1.30. The largest absolute Gasteiger partial charge is 0.478 e. The average molecular weight is 263 g/mol. The van der Waals surface area contributed by atoms with Crippen LogP contribution in [0.15, 0.2) is 18.3 Å². The van der Waals surface area contributed by atoms with E-state index in [0.717, 1.165) is 6.08 Å². The Kier molecular flexibility index (Phi) is 3.22. The second kappa shape index (κ2) is 4.69. The molecular formula is C12H13N3O4. The summed E-state index contributed by atoms with van der Waals surface area (Å²) in [6.07, 6.45) is 3.82. The van der Waals surface area contributed by atoms with Crippen molar-refractivity contribution >= 4 is 29.5 Å². The smallest absolute Gasteiger partial charge is 0.328 e. The fourth-order valence-electron chi connectivity index (χ4n) is 1.56. The van der Waals surface area contributed by atoms with Gasteiger partial charge in [-0.25, -0.2) is 9.78 Å². The molecule has 1 amide bonds. The molecule has 0 radical (unpaired) electrons. The minimum atomic E-state index is -1.53. The number of carboxylic acid groups (broad SMARTS) is 1. The lowest BCUT2D eigenvalue weighted by Gasteiger charge is -2.18. The van der Waals surface area contributed by atoms with Crippen molar-refractivity contribution in [3.05, 3.63) is 23.9 Å². The first-order valence-electron chi connectivity index (χ1n) is 5.57. The molecule has 0 saturated carbocycles. The summed E-state index contributed by atoms with van der Waals surface area (Å²) < 4.78 is 0. The van der Waals surface area contributed by atoms with Gasteiger partial charge in [-0.3, -0.25) is 4.79 Å². The van der Waals surface area contributed by atoms with E-state index >= 15 is 0 Å². The van der Waals surface area contributed by atoms with E-state index in [9.17, 15) is 14.7 Å². The van der Waals surface area contributed by atoms with E-state index in [1.165, 1.54) is 19.2 Å². The molecular weight excluding hydrogens is 250 g/mol. The number of carbonyl (C=O) groups excluding carboxylic acids is 1. The van der Waals surface area contributed by atoms with Crippen LogP contribution in [0.3, 0.4) is 0 Å². The van der Waals surface area contributed by atoms with Crippen LogP contribution in [0.5, 0.6) is 0 Å². The number of amides is 1. The molecule has 1 aromatic heterocycles. The Morgan fingerprint density at radius 1 is 1.58 bits per heavy atom. The number of aliphatic hydroxyl groups is 1. The number of nitrogens with zero attached hydrogens (tertiary/aromatic N) is 1. The molecule has 19 heavy (non-hydrogen) atoms. The molecule has 2 heterocycles. The Morgan fingerprint density at radius 2 is 2.32 bits per heavy atom. The van der Waals surface area contributed by atoms with Gasteiger partial charge >= 0.3 is 5.97 Å². The molecule has 2 rings (SSSR count). The molecule has 1 aliphatic rings. The molecule has 1 aromatic rings. The van der Waals surface area contributed by atoms with Gasteiger partial charge < -0.3 is 20.8 Å². The van der Waals surface area contributed by atoms with Crippen LogP contribution in [-0.2, 0) is 9.59 Å². The first-order chi connectivity index (χ1) is 8.88. The molecule has 4 N–H and O–H groups in total. The number of anilines is 2. The second-order valence-electron chi connectivity index (χ2n) is 4.42. The Morgan fingerprint density at radius 3 is 3.00 bits per heavy atom. The molecule has 100 valence electrons. The predicted octanol–water partition coefficient (Wildman–Crippen LogP) is 0.294. The molecule has 0 unspecified atom stereocenters. The fraction of sp³-hybridized carbons (Fsp3) is 0.250. The number of hydrogen-bond donors (Lipinski definition) is 4. The number of carboxylic acids is 1. The van der Waals surface area contributed by atoms with Gasteiger partial charge in [0.2, 0.25) is 0 Å². The number of hydrogen-bond acceptors (Lipinski definition) is 5. The zero-order valence-corrected chi connectivity index (χ0v) is 10.2.